The summed E-state index contributed by atoms with van der Waals surface area (Å²) in [5.41, 5.74) is 2.14. The van der Waals surface area contributed by atoms with Crippen molar-refractivity contribution in [2.75, 3.05) is 30.4 Å². The Kier molecular flexibility index (Phi) is 4.46. The summed E-state index contributed by atoms with van der Waals surface area (Å²) in [5.74, 6) is 2.61. The first-order valence-corrected chi connectivity index (χ1v) is 7.77. The lowest BCUT2D eigenvalue weighted by Crippen LogP contribution is -2.35. The molecular weight excluding hydrogens is 276 g/mol. The predicted molar refractivity (Wildman–Crippen MR) is 87.0 cm³/mol. The zero-order valence-corrected chi connectivity index (χ0v) is 13.2. The van der Waals surface area contributed by atoms with Crippen LogP contribution in [-0.2, 0) is 6.42 Å². The number of aromatic nitrogens is 4. The molecule has 3 heterocycles. The Morgan fingerprint density at radius 1 is 1.09 bits per heavy atom. The van der Waals surface area contributed by atoms with E-state index in [1.807, 2.05) is 20.0 Å². The highest BCUT2D eigenvalue weighted by Gasteiger charge is 2.21. The molecular formula is C16H22N6. The summed E-state index contributed by atoms with van der Waals surface area (Å²) in [5, 5.41) is 3.06. The monoisotopic (exact) mass is 298 g/mol. The second kappa shape index (κ2) is 6.68. The molecule has 1 saturated heterocycles. The minimum Gasteiger partial charge on any atom is -0.373 e. The van der Waals surface area contributed by atoms with E-state index >= 15 is 0 Å². The zero-order chi connectivity index (χ0) is 15.4. The van der Waals surface area contributed by atoms with Crippen molar-refractivity contribution in [1.82, 2.24) is 19.9 Å². The molecule has 0 aliphatic carbocycles. The van der Waals surface area contributed by atoms with Gasteiger partial charge in [-0.2, -0.15) is 0 Å². The molecule has 1 N–H and O–H groups in total. The molecule has 0 unspecified atom stereocenters. The second-order valence-corrected chi connectivity index (χ2v) is 5.80. The Morgan fingerprint density at radius 2 is 1.86 bits per heavy atom. The number of hydrogen-bond donors (Lipinski definition) is 1. The zero-order valence-electron chi connectivity index (χ0n) is 13.2. The van der Waals surface area contributed by atoms with E-state index in [4.69, 9.17) is 0 Å². The van der Waals surface area contributed by atoms with Gasteiger partial charge in [-0.15, -0.1) is 0 Å². The summed E-state index contributed by atoms with van der Waals surface area (Å²) in [6.45, 7) is 4.10. The molecule has 0 saturated carbocycles. The minimum absolute atomic E-state index is 0.679. The normalized spacial score (nSPS) is 15.8. The fourth-order valence-corrected chi connectivity index (χ4v) is 2.92. The first-order chi connectivity index (χ1) is 10.7. The smallest absolute Gasteiger partial charge is 0.132 e. The molecule has 2 aromatic rings. The molecule has 1 aliphatic heterocycles. The number of piperidine rings is 1. The van der Waals surface area contributed by atoms with Gasteiger partial charge in [-0.3, -0.25) is 0 Å². The van der Waals surface area contributed by atoms with Crippen LogP contribution in [0.25, 0.3) is 0 Å². The quantitative estimate of drug-likeness (QED) is 0.932. The lowest BCUT2D eigenvalue weighted by molar-refractivity contribution is 0.399. The van der Waals surface area contributed by atoms with Crippen molar-refractivity contribution in [2.24, 2.45) is 5.92 Å². The SMILES string of the molecule is CNc1cc(CC2CCN(c3cc(C)ncn3)CC2)ncn1. The summed E-state index contributed by atoms with van der Waals surface area (Å²) in [7, 11) is 1.88. The van der Waals surface area contributed by atoms with Crippen molar-refractivity contribution in [3.05, 3.63) is 36.2 Å². The molecule has 0 bridgehead atoms. The number of hydrogen-bond acceptors (Lipinski definition) is 6. The Balaban J connectivity index is 1.57. The van der Waals surface area contributed by atoms with Gasteiger partial charge in [0.1, 0.15) is 24.3 Å². The Morgan fingerprint density at radius 3 is 2.59 bits per heavy atom. The van der Waals surface area contributed by atoms with E-state index < -0.39 is 0 Å². The Labute approximate surface area is 131 Å². The fourth-order valence-electron chi connectivity index (χ4n) is 2.92. The van der Waals surface area contributed by atoms with Crippen molar-refractivity contribution >= 4 is 11.6 Å². The second-order valence-electron chi connectivity index (χ2n) is 5.80. The number of aryl methyl sites for hydroxylation is 1. The standard InChI is InChI=1S/C16H22N6/c1-12-7-16(21-10-18-12)22-5-3-13(4-6-22)8-14-9-15(17-2)20-11-19-14/h7,9-11,13H,3-6,8H2,1-2H3,(H,17,19,20). The average Bonchev–Trinajstić information content (AvgIpc) is 2.56. The van der Waals surface area contributed by atoms with Crippen molar-refractivity contribution in [3.8, 4) is 0 Å². The lowest BCUT2D eigenvalue weighted by atomic mass is 9.92. The van der Waals surface area contributed by atoms with Gasteiger partial charge in [-0.1, -0.05) is 0 Å². The van der Waals surface area contributed by atoms with Crippen LogP contribution < -0.4 is 10.2 Å². The first-order valence-electron chi connectivity index (χ1n) is 7.77. The van der Waals surface area contributed by atoms with Crippen molar-refractivity contribution in [1.29, 1.82) is 0 Å². The third-order valence-electron chi connectivity index (χ3n) is 4.21. The summed E-state index contributed by atoms with van der Waals surface area (Å²) >= 11 is 0. The van der Waals surface area contributed by atoms with Gasteiger partial charge in [0.2, 0.25) is 0 Å². The first kappa shape index (κ1) is 14.7. The number of anilines is 2. The number of nitrogens with zero attached hydrogens (tertiary/aromatic N) is 5. The maximum atomic E-state index is 4.38. The van der Waals surface area contributed by atoms with E-state index in [1.165, 1.54) is 12.8 Å². The van der Waals surface area contributed by atoms with Gasteiger partial charge in [0, 0.05) is 43.7 Å². The van der Waals surface area contributed by atoms with E-state index in [9.17, 15) is 0 Å². The van der Waals surface area contributed by atoms with Gasteiger partial charge in [0.05, 0.1) is 0 Å². The minimum atomic E-state index is 0.679. The summed E-state index contributed by atoms with van der Waals surface area (Å²) in [4.78, 5) is 19.4. The highest BCUT2D eigenvalue weighted by molar-refractivity contribution is 5.39. The number of nitrogens with one attached hydrogen (secondary N) is 1. The van der Waals surface area contributed by atoms with Crippen LogP contribution >= 0.6 is 0 Å². The molecule has 0 atom stereocenters. The molecule has 0 aromatic carbocycles. The fraction of sp³-hybridized carbons (Fsp3) is 0.500. The predicted octanol–water partition coefficient (Wildman–Crippen LogP) is 2.08. The van der Waals surface area contributed by atoms with Crippen molar-refractivity contribution in [3.63, 3.8) is 0 Å². The third-order valence-corrected chi connectivity index (χ3v) is 4.21. The van der Waals surface area contributed by atoms with Crippen LogP contribution in [0.3, 0.4) is 0 Å². The molecule has 2 aromatic heterocycles. The molecule has 0 spiro atoms. The van der Waals surface area contributed by atoms with Gasteiger partial charge in [-0.05, 0) is 32.1 Å². The summed E-state index contributed by atoms with van der Waals surface area (Å²) < 4.78 is 0. The van der Waals surface area contributed by atoms with Crippen LogP contribution in [0.4, 0.5) is 11.6 Å². The maximum Gasteiger partial charge on any atom is 0.132 e. The number of rotatable bonds is 4. The third kappa shape index (κ3) is 3.50. The van der Waals surface area contributed by atoms with Crippen LogP contribution in [-0.4, -0.2) is 40.1 Å². The van der Waals surface area contributed by atoms with Crippen molar-refractivity contribution < 1.29 is 0 Å². The molecule has 1 fully saturated rings. The van der Waals surface area contributed by atoms with E-state index in [1.54, 1.807) is 12.7 Å². The highest BCUT2D eigenvalue weighted by Crippen LogP contribution is 2.24. The van der Waals surface area contributed by atoms with Crippen LogP contribution in [0.15, 0.2) is 24.8 Å². The lowest BCUT2D eigenvalue weighted by Gasteiger charge is -2.32. The van der Waals surface area contributed by atoms with E-state index in [0.717, 1.165) is 42.5 Å². The maximum absolute atomic E-state index is 4.38. The Hall–Kier alpha value is -2.24. The molecule has 116 valence electrons. The molecule has 0 radical (unpaired) electrons. The average molecular weight is 298 g/mol. The molecule has 6 heteroatoms. The van der Waals surface area contributed by atoms with Crippen LogP contribution in [0.1, 0.15) is 24.2 Å². The molecule has 1 aliphatic rings. The molecule has 22 heavy (non-hydrogen) atoms. The largest absolute Gasteiger partial charge is 0.373 e. The Bertz CT molecular complexity index is 622. The molecule has 6 nitrogen and oxygen atoms in total. The topological polar surface area (TPSA) is 66.8 Å². The van der Waals surface area contributed by atoms with Crippen LogP contribution in [0.5, 0.6) is 0 Å². The molecule has 0 amide bonds. The van der Waals surface area contributed by atoms with E-state index in [-0.39, 0.29) is 0 Å². The van der Waals surface area contributed by atoms with Gasteiger partial charge in [0.25, 0.3) is 0 Å². The van der Waals surface area contributed by atoms with Gasteiger partial charge in [0.15, 0.2) is 0 Å². The highest BCUT2D eigenvalue weighted by atomic mass is 15.2. The van der Waals surface area contributed by atoms with Gasteiger partial charge >= 0.3 is 0 Å². The van der Waals surface area contributed by atoms with Crippen LogP contribution in [0.2, 0.25) is 0 Å². The van der Waals surface area contributed by atoms with E-state index in [2.05, 4.69) is 36.2 Å². The van der Waals surface area contributed by atoms with Crippen molar-refractivity contribution in [2.45, 2.75) is 26.2 Å². The summed E-state index contributed by atoms with van der Waals surface area (Å²) in [6.07, 6.45) is 6.65. The van der Waals surface area contributed by atoms with E-state index in [0.29, 0.717) is 5.92 Å². The van der Waals surface area contributed by atoms with Gasteiger partial charge < -0.3 is 10.2 Å². The summed E-state index contributed by atoms with van der Waals surface area (Å²) in [6, 6.07) is 4.10. The van der Waals surface area contributed by atoms with Gasteiger partial charge in [-0.25, -0.2) is 19.9 Å². The van der Waals surface area contributed by atoms with Crippen LogP contribution in [0, 0.1) is 12.8 Å². The molecule has 3 rings (SSSR count).